The summed E-state index contributed by atoms with van der Waals surface area (Å²) in [5.41, 5.74) is 1.06. The maximum absolute atomic E-state index is 11.8. The molecule has 1 aromatic carbocycles. The third-order valence-electron chi connectivity index (χ3n) is 2.87. The lowest BCUT2D eigenvalue weighted by Gasteiger charge is -2.08. The van der Waals surface area contributed by atoms with Crippen molar-refractivity contribution in [3.63, 3.8) is 0 Å². The van der Waals surface area contributed by atoms with Gasteiger partial charge >= 0.3 is 5.97 Å². The van der Waals surface area contributed by atoms with Crippen LogP contribution in [0.3, 0.4) is 0 Å². The second-order valence-electron chi connectivity index (χ2n) is 4.15. The van der Waals surface area contributed by atoms with Gasteiger partial charge in [-0.3, -0.25) is 4.79 Å². The molecule has 0 radical (unpaired) electrons. The molecule has 2 rings (SSSR count). The van der Waals surface area contributed by atoms with Crippen molar-refractivity contribution in [3.8, 4) is 0 Å². The van der Waals surface area contributed by atoms with Gasteiger partial charge in [0.15, 0.2) is 5.78 Å². The van der Waals surface area contributed by atoms with Crippen LogP contribution >= 0.6 is 0 Å². The number of rotatable bonds is 4. The molecular weight excluding hydrogens is 220 g/mol. The Morgan fingerprint density at radius 1 is 1.29 bits per heavy atom. The zero-order valence-electron chi connectivity index (χ0n) is 9.39. The number of aromatic carboxylic acids is 1. The average Bonchev–Trinajstić information content (AvgIpc) is 2.83. The Hall–Kier alpha value is -1.68. The highest BCUT2D eigenvalue weighted by Crippen LogP contribution is 2.15. The summed E-state index contributed by atoms with van der Waals surface area (Å²) >= 11 is 0. The minimum Gasteiger partial charge on any atom is -0.478 e. The van der Waals surface area contributed by atoms with Crippen LogP contribution in [-0.2, 0) is 16.0 Å². The molecule has 0 spiro atoms. The summed E-state index contributed by atoms with van der Waals surface area (Å²) in [6.07, 6.45) is 1.78. The van der Waals surface area contributed by atoms with Gasteiger partial charge in [0, 0.05) is 13.0 Å². The smallest absolute Gasteiger partial charge is 0.335 e. The summed E-state index contributed by atoms with van der Waals surface area (Å²) in [7, 11) is 0. The van der Waals surface area contributed by atoms with Gasteiger partial charge < -0.3 is 9.84 Å². The molecule has 1 aliphatic rings. The molecule has 0 aromatic heterocycles. The van der Waals surface area contributed by atoms with E-state index in [1.807, 2.05) is 0 Å². The van der Waals surface area contributed by atoms with E-state index >= 15 is 0 Å². The summed E-state index contributed by atoms with van der Waals surface area (Å²) in [5, 5.41) is 8.74. The molecule has 1 aliphatic heterocycles. The SMILES string of the molecule is O=C(O)c1ccc(CC(=O)C2CCCO2)cc1. The Kier molecular flexibility index (Phi) is 3.54. The molecule has 1 saturated heterocycles. The van der Waals surface area contributed by atoms with E-state index in [-0.39, 0.29) is 17.5 Å². The van der Waals surface area contributed by atoms with Crippen molar-refractivity contribution < 1.29 is 19.4 Å². The number of ether oxygens (including phenoxy) is 1. The maximum atomic E-state index is 11.8. The average molecular weight is 234 g/mol. The highest BCUT2D eigenvalue weighted by molar-refractivity contribution is 5.88. The van der Waals surface area contributed by atoms with Crippen LogP contribution in [0.15, 0.2) is 24.3 Å². The van der Waals surface area contributed by atoms with Gasteiger partial charge in [-0.25, -0.2) is 4.79 Å². The molecule has 1 fully saturated rings. The molecular formula is C13H14O4. The second kappa shape index (κ2) is 5.10. The van der Waals surface area contributed by atoms with Crippen LogP contribution in [0, 0.1) is 0 Å². The van der Waals surface area contributed by atoms with Gasteiger partial charge in [-0.2, -0.15) is 0 Å². The molecule has 90 valence electrons. The van der Waals surface area contributed by atoms with Crippen LogP contribution < -0.4 is 0 Å². The van der Waals surface area contributed by atoms with E-state index in [0.29, 0.717) is 13.0 Å². The monoisotopic (exact) mass is 234 g/mol. The van der Waals surface area contributed by atoms with Crippen LogP contribution in [0.25, 0.3) is 0 Å². The van der Waals surface area contributed by atoms with E-state index in [9.17, 15) is 9.59 Å². The van der Waals surface area contributed by atoms with E-state index < -0.39 is 5.97 Å². The third-order valence-corrected chi connectivity index (χ3v) is 2.87. The number of hydrogen-bond donors (Lipinski definition) is 1. The minimum absolute atomic E-state index is 0.0746. The van der Waals surface area contributed by atoms with Crippen molar-refractivity contribution in [1.29, 1.82) is 0 Å². The van der Waals surface area contributed by atoms with Crippen molar-refractivity contribution in [3.05, 3.63) is 35.4 Å². The number of ketones is 1. The van der Waals surface area contributed by atoms with E-state index in [1.54, 1.807) is 12.1 Å². The molecule has 1 unspecified atom stereocenters. The highest BCUT2D eigenvalue weighted by Gasteiger charge is 2.23. The summed E-state index contributed by atoms with van der Waals surface area (Å²) < 4.78 is 5.31. The zero-order chi connectivity index (χ0) is 12.3. The number of hydrogen-bond acceptors (Lipinski definition) is 3. The van der Waals surface area contributed by atoms with Crippen LogP contribution in [0.2, 0.25) is 0 Å². The highest BCUT2D eigenvalue weighted by atomic mass is 16.5. The van der Waals surface area contributed by atoms with Gasteiger partial charge in [-0.15, -0.1) is 0 Å². The molecule has 0 aliphatic carbocycles. The number of carbonyl (C=O) groups excluding carboxylic acids is 1. The van der Waals surface area contributed by atoms with E-state index in [2.05, 4.69) is 0 Å². The predicted molar refractivity (Wildman–Crippen MR) is 61.1 cm³/mol. The van der Waals surface area contributed by atoms with Gasteiger partial charge in [0.05, 0.1) is 5.56 Å². The lowest BCUT2D eigenvalue weighted by Crippen LogP contribution is -2.21. The summed E-state index contributed by atoms with van der Waals surface area (Å²) in [6, 6.07) is 6.38. The normalized spacial score (nSPS) is 19.2. The Balaban J connectivity index is 1.98. The molecule has 0 amide bonds. The van der Waals surface area contributed by atoms with E-state index in [4.69, 9.17) is 9.84 Å². The lowest BCUT2D eigenvalue weighted by atomic mass is 10.0. The van der Waals surface area contributed by atoms with Gasteiger partial charge in [0.1, 0.15) is 6.10 Å². The van der Waals surface area contributed by atoms with Crippen LogP contribution in [-0.4, -0.2) is 29.6 Å². The number of carbonyl (C=O) groups is 2. The van der Waals surface area contributed by atoms with Crippen molar-refractivity contribution in [2.45, 2.75) is 25.4 Å². The molecule has 0 saturated carbocycles. The van der Waals surface area contributed by atoms with Crippen molar-refractivity contribution in [1.82, 2.24) is 0 Å². The summed E-state index contributed by atoms with van der Waals surface area (Å²) in [5.74, 6) is -0.882. The van der Waals surface area contributed by atoms with Crippen LogP contribution in [0.1, 0.15) is 28.8 Å². The molecule has 0 bridgehead atoms. The predicted octanol–water partition coefficient (Wildman–Crippen LogP) is 1.68. The number of Topliss-reactive ketones (excluding diaryl/α,β-unsaturated/α-hetero) is 1. The quantitative estimate of drug-likeness (QED) is 0.860. The maximum Gasteiger partial charge on any atom is 0.335 e. The molecule has 1 heterocycles. The first-order valence-corrected chi connectivity index (χ1v) is 5.63. The standard InChI is InChI=1S/C13H14O4/c14-11(12-2-1-7-17-12)8-9-3-5-10(6-4-9)13(15)16/h3-6,12H,1-2,7-8H2,(H,15,16). The first kappa shape index (κ1) is 11.8. The Morgan fingerprint density at radius 2 is 2.00 bits per heavy atom. The van der Waals surface area contributed by atoms with Crippen LogP contribution in [0.4, 0.5) is 0 Å². The van der Waals surface area contributed by atoms with Gasteiger partial charge in [-0.1, -0.05) is 12.1 Å². The number of carboxylic acids is 1. The Bertz CT molecular complexity index is 416. The minimum atomic E-state index is -0.956. The molecule has 1 atom stereocenters. The second-order valence-corrected chi connectivity index (χ2v) is 4.15. The van der Waals surface area contributed by atoms with E-state index in [0.717, 1.165) is 18.4 Å². The van der Waals surface area contributed by atoms with Gasteiger partial charge in [-0.05, 0) is 30.5 Å². The number of benzene rings is 1. The fraction of sp³-hybridized carbons (Fsp3) is 0.385. The first-order chi connectivity index (χ1) is 8.16. The van der Waals surface area contributed by atoms with Crippen molar-refractivity contribution >= 4 is 11.8 Å². The van der Waals surface area contributed by atoms with E-state index in [1.165, 1.54) is 12.1 Å². The fourth-order valence-electron chi connectivity index (χ4n) is 1.91. The molecule has 1 N–H and O–H groups in total. The van der Waals surface area contributed by atoms with Crippen LogP contribution in [0.5, 0.6) is 0 Å². The Morgan fingerprint density at radius 3 is 2.53 bits per heavy atom. The zero-order valence-corrected chi connectivity index (χ0v) is 9.39. The van der Waals surface area contributed by atoms with Crippen molar-refractivity contribution in [2.24, 2.45) is 0 Å². The number of carboxylic acid groups (broad SMARTS) is 1. The largest absolute Gasteiger partial charge is 0.478 e. The van der Waals surface area contributed by atoms with Crippen molar-refractivity contribution in [2.75, 3.05) is 6.61 Å². The Labute approximate surface area is 99.2 Å². The van der Waals surface area contributed by atoms with Gasteiger partial charge in [0.25, 0.3) is 0 Å². The fourth-order valence-corrected chi connectivity index (χ4v) is 1.91. The molecule has 1 aromatic rings. The van der Waals surface area contributed by atoms with Gasteiger partial charge in [0.2, 0.25) is 0 Å². The molecule has 4 nitrogen and oxygen atoms in total. The molecule has 17 heavy (non-hydrogen) atoms. The lowest BCUT2D eigenvalue weighted by molar-refractivity contribution is -0.127. The topological polar surface area (TPSA) is 63.6 Å². The molecule has 4 heteroatoms. The summed E-state index contributed by atoms with van der Waals surface area (Å²) in [6.45, 7) is 0.661. The third kappa shape index (κ3) is 2.91. The summed E-state index contributed by atoms with van der Waals surface area (Å²) in [4.78, 5) is 22.4. The first-order valence-electron chi connectivity index (χ1n) is 5.63.